The van der Waals surface area contributed by atoms with Crippen molar-refractivity contribution in [1.82, 2.24) is 9.88 Å². The standard InChI is InChI=1S/C11H16N4OS/c12-11-14-6-9(10-13-3-5-17-10)15(11)7-8-2-1-4-16-8/h3,5,8-9H,1-2,4,6-7H2,(H2,12,14). The van der Waals surface area contributed by atoms with Gasteiger partial charge in [-0.25, -0.2) is 4.98 Å². The number of thiazole rings is 1. The molecule has 0 spiro atoms. The highest BCUT2D eigenvalue weighted by Gasteiger charge is 2.32. The van der Waals surface area contributed by atoms with Gasteiger partial charge in [-0.05, 0) is 12.8 Å². The van der Waals surface area contributed by atoms with Crippen LogP contribution in [0, 0.1) is 0 Å². The number of aliphatic imine (C=N–C) groups is 1. The molecule has 2 atom stereocenters. The van der Waals surface area contributed by atoms with Gasteiger partial charge in [0.2, 0.25) is 0 Å². The van der Waals surface area contributed by atoms with Crippen LogP contribution in [0.25, 0.3) is 0 Å². The summed E-state index contributed by atoms with van der Waals surface area (Å²) in [6, 6.07) is 0.208. The Morgan fingerprint density at radius 3 is 3.24 bits per heavy atom. The molecule has 2 N–H and O–H groups in total. The molecule has 0 aliphatic carbocycles. The molecule has 5 nitrogen and oxygen atoms in total. The van der Waals surface area contributed by atoms with Gasteiger partial charge >= 0.3 is 0 Å². The fraction of sp³-hybridized carbons (Fsp3) is 0.636. The maximum Gasteiger partial charge on any atom is 0.192 e. The van der Waals surface area contributed by atoms with Crippen LogP contribution in [-0.4, -0.2) is 41.6 Å². The summed E-state index contributed by atoms with van der Waals surface area (Å²) < 4.78 is 5.66. The average Bonchev–Trinajstić information content (AvgIpc) is 3.03. The lowest BCUT2D eigenvalue weighted by atomic mass is 10.2. The maximum absolute atomic E-state index is 5.95. The zero-order valence-electron chi connectivity index (χ0n) is 9.58. The third kappa shape index (κ3) is 2.14. The van der Waals surface area contributed by atoms with Gasteiger partial charge in [0, 0.05) is 24.7 Å². The van der Waals surface area contributed by atoms with Crippen LogP contribution >= 0.6 is 11.3 Å². The quantitative estimate of drug-likeness (QED) is 0.871. The van der Waals surface area contributed by atoms with Crippen LogP contribution in [0.3, 0.4) is 0 Å². The largest absolute Gasteiger partial charge is 0.376 e. The molecule has 3 rings (SSSR count). The summed E-state index contributed by atoms with van der Waals surface area (Å²) in [7, 11) is 0. The van der Waals surface area contributed by atoms with Crippen LogP contribution in [-0.2, 0) is 4.74 Å². The van der Waals surface area contributed by atoms with Crippen LogP contribution in [0.4, 0.5) is 0 Å². The van der Waals surface area contributed by atoms with Crippen molar-refractivity contribution in [2.75, 3.05) is 19.7 Å². The molecule has 2 unspecified atom stereocenters. The maximum atomic E-state index is 5.95. The van der Waals surface area contributed by atoms with Crippen molar-refractivity contribution in [1.29, 1.82) is 0 Å². The molecule has 0 radical (unpaired) electrons. The van der Waals surface area contributed by atoms with Gasteiger partial charge in [0.05, 0.1) is 12.6 Å². The first-order valence-corrected chi connectivity index (χ1v) is 6.80. The summed E-state index contributed by atoms with van der Waals surface area (Å²) in [4.78, 5) is 10.8. The second-order valence-corrected chi connectivity index (χ2v) is 5.30. The van der Waals surface area contributed by atoms with Gasteiger partial charge in [-0.15, -0.1) is 11.3 Å². The molecule has 0 amide bonds. The third-order valence-corrected chi connectivity index (χ3v) is 4.13. The highest BCUT2D eigenvalue weighted by atomic mass is 32.1. The Morgan fingerprint density at radius 1 is 1.59 bits per heavy atom. The third-order valence-electron chi connectivity index (χ3n) is 3.26. The van der Waals surface area contributed by atoms with E-state index < -0.39 is 0 Å². The first kappa shape index (κ1) is 11.0. The van der Waals surface area contributed by atoms with Crippen LogP contribution < -0.4 is 5.73 Å². The Balaban J connectivity index is 1.72. The van der Waals surface area contributed by atoms with Gasteiger partial charge < -0.3 is 15.4 Å². The Kier molecular flexibility index (Phi) is 2.98. The van der Waals surface area contributed by atoms with E-state index in [1.54, 1.807) is 11.3 Å². The Bertz CT molecular complexity index is 400. The van der Waals surface area contributed by atoms with Crippen LogP contribution in [0.2, 0.25) is 0 Å². The van der Waals surface area contributed by atoms with Crippen molar-refractivity contribution in [3.8, 4) is 0 Å². The minimum atomic E-state index is 0.208. The lowest BCUT2D eigenvalue weighted by Gasteiger charge is -2.27. The molecule has 1 aromatic heterocycles. The van der Waals surface area contributed by atoms with E-state index in [9.17, 15) is 0 Å². The molecular formula is C11H16N4OS. The smallest absolute Gasteiger partial charge is 0.192 e. The molecule has 92 valence electrons. The summed E-state index contributed by atoms with van der Waals surface area (Å²) in [6.45, 7) is 2.42. The lowest BCUT2D eigenvalue weighted by Crippen LogP contribution is -2.41. The van der Waals surface area contributed by atoms with Gasteiger partial charge in [-0.3, -0.25) is 4.99 Å². The molecule has 1 saturated heterocycles. The Labute approximate surface area is 104 Å². The van der Waals surface area contributed by atoms with Crippen molar-refractivity contribution in [3.63, 3.8) is 0 Å². The van der Waals surface area contributed by atoms with Crippen LogP contribution in [0.15, 0.2) is 16.6 Å². The van der Waals surface area contributed by atoms with E-state index in [4.69, 9.17) is 10.5 Å². The number of guanidine groups is 1. The molecule has 0 saturated carbocycles. The van der Waals surface area contributed by atoms with Gasteiger partial charge in [-0.1, -0.05) is 0 Å². The number of ether oxygens (including phenoxy) is 1. The highest BCUT2D eigenvalue weighted by molar-refractivity contribution is 7.09. The fourth-order valence-corrected chi connectivity index (χ4v) is 3.11. The first-order chi connectivity index (χ1) is 8.34. The summed E-state index contributed by atoms with van der Waals surface area (Å²) in [5, 5.41) is 3.08. The molecular weight excluding hydrogens is 236 g/mol. The molecule has 0 bridgehead atoms. The first-order valence-electron chi connectivity index (χ1n) is 5.92. The van der Waals surface area contributed by atoms with Crippen molar-refractivity contribution in [2.45, 2.75) is 25.0 Å². The van der Waals surface area contributed by atoms with E-state index in [0.29, 0.717) is 18.6 Å². The Morgan fingerprint density at radius 2 is 2.53 bits per heavy atom. The molecule has 2 aliphatic heterocycles. The number of nitrogens with zero attached hydrogens (tertiary/aromatic N) is 3. The molecule has 2 aliphatic rings. The van der Waals surface area contributed by atoms with Crippen molar-refractivity contribution in [2.24, 2.45) is 10.7 Å². The SMILES string of the molecule is NC1=NCC(c2nccs2)N1CC1CCCO1. The van der Waals surface area contributed by atoms with E-state index in [0.717, 1.165) is 31.0 Å². The number of aromatic nitrogens is 1. The molecule has 6 heteroatoms. The predicted octanol–water partition coefficient (Wildman–Crippen LogP) is 0.993. The summed E-state index contributed by atoms with van der Waals surface area (Å²) in [5.41, 5.74) is 5.95. The van der Waals surface area contributed by atoms with Crippen molar-refractivity contribution >= 4 is 17.3 Å². The Hall–Kier alpha value is -1.14. The van der Waals surface area contributed by atoms with Crippen LogP contribution in [0.1, 0.15) is 23.9 Å². The second kappa shape index (κ2) is 4.62. The van der Waals surface area contributed by atoms with Gasteiger partial charge in [0.15, 0.2) is 5.96 Å². The lowest BCUT2D eigenvalue weighted by molar-refractivity contribution is 0.0852. The molecule has 3 heterocycles. The molecule has 0 aromatic carbocycles. The monoisotopic (exact) mass is 252 g/mol. The number of rotatable bonds is 3. The predicted molar refractivity (Wildman–Crippen MR) is 67.0 cm³/mol. The van der Waals surface area contributed by atoms with E-state index in [-0.39, 0.29) is 6.04 Å². The minimum Gasteiger partial charge on any atom is -0.376 e. The summed E-state index contributed by atoms with van der Waals surface area (Å²) in [6.07, 6.45) is 4.40. The highest BCUT2D eigenvalue weighted by Crippen LogP contribution is 2.28. The summed E-state index contributed by atoms with van der Waals surface area (Å²) >= 11 is 1.66. The second-order valence-electron chi connectivity index (χ2n) is 4.37. The van der Waals surface area contributed by atoms with Gasteiger partial charge in [-0.2, -0.15) is 0 Å². The van der Waals surface area contributed by atoms with Crippen molar-refractivity contribution < 1.29 is 4.74 Å². The minimum absolute atomic E-state index is 0.208. The van der Waals surface area contributed by atoms with Crippen molar-refractivity contribution in [3.05, 3.63) is 16.6 Å². The normalized spacial score (nSPS) is 28.7. The van der Waals surface area contributed by atoms with Gasteiger partial charge in [0.1, 0.15) is 11.0 Å². The number of hydrogen-bond donors (Lipinski definition) is 1. The topological polar surface area (TPSA) is 63.7 Å². The molecule has 1 aromatic rings. The van der Waals surface area contributed by atoms with E-state index >= 15 is 0 Å². The number of nitrogens with two attached hydrogens (primary N) is 1. The summed E-state index contributed by atoms with van der Waals surface area (Å²) in [5.74, 6) is 0.626. The van der Waals surface area contributed by atoms with Crippen LogP contribution in [0.5, 0.6) is 0 Å². The average molecular weight is 252 g/mol. The van der Waals surface area contributed by atoms with E-state index in [1.165, 1.54) is 0 Å². The van der Waals surface area contributed by atoms with Gasteiger partial charge in [0.25, 0.3) is 0 Å². The van der Waals surface area contributed by atoms with E-state index in [1.807, 2.05) is 11.6 Å². The fourth-order valence-electron chi connectivity index (χ4n) is 2.37. The molecule has 17 heavy (non-hydrogen) atoms. The number of hydrogen-bond acceptors (Lipinski definition) is 6. The molecule has 1 fully saturated rings. The van der Waals surface area contributed by atoms with E-state index in [2.05, 4.69) is 14.9 Å². The zero-order valence-corrected chi connectivity index (χ0v) is 10.4. The zero-order chi connectivity index (χ0) is 11.7.